The standard InChI is InChI=1S/C10H11ClN2S/c1-7-2-5-14-10(7)8(11)6-9-12-3-4-13-9/h2-5,8H,6H2,1H3,(H,12,13). The highest BCUT2D eigenvalue weighted by atomic mass is 35.5. The van der Waals surface area contributed by atoms with Gasteiger partial charge in [0, 0.05) is 23.7 Å². The van der Waals surface area contributed by atoms with Crippen LogP contribution in [0.2, 0.25) is 0 Å². The van der Waals surface area contributed by atoms with Crippen LogP contribution in [0.25, 0.3) is 0 Å². The molecule has 0 fully saturated rings. The van der Waals surface area contributed by atoms with Gasteiger partial charge >= 0.3 is 0 Å². The number of hydrogen-bond acceptors (Lipinski definition) is 2. The monoisotopic (exact) mass is 226 g/mol. The fourth-order valence-corrected chi connectivity index (χ4v) is 2.75. The first kappa shape index (κ1) is 9.74. The molecule has 0 aromatic carbocycles. The van der Waals surface area contributed by atoms with Gasteiger partial charge in [0.2, 0.25) is 0 Å². The fourth-order valence-electron chi connectivity index (χ4n) is 1.38. The van der Waals surface area contributed by atoms with Crippen molar-refractivity contribution in [1.29, 1.82) is 0 Å². The predicted octanol–water partition coefficient (Wildman–Crippen LogP) is 3.30. The number of hydrogen-bond donors (Lipinski definition) is 1. The highest BCUT2D eigenvalue weighted by molar-refractivity contribution is 7.10. The zero-order chi connectivity index (χ0) is 9.97. The molecule has 1 unspecified atom stereocenters. The molecule has 2 aromatic heterocycles. The number of aryl methyl sites for hydroxylation is 1. The van der Waals surface area contributed by atoms with Crippen LogP contribution in [0.1, 0.15) is 21.6 Å². The van der Waals surface area contributed by atoms with E-state index in [-0.39, 0.29) is 5.38 Å². The van der Waals surface area contributed by atoms with Gasteiger partial charge in [-0.15, -0.1) is 22.9 Å². The van der Waals surface area contributed by atoms with Gasteiger partial charge in [0.1, 0.15) is 5.82 Å². The van der Waals surface area contributed by atoms with Crippen LogP contribution >= 0.6 is 22.9 Å². The third kappa shape index (κ3) is 1.99. The number of imidazole rings is 1. The first-order chi connectivity index (χ1) is 6.77. The predicted molar refractivity (Wildman–Crippen MR) is 59.9 cm³/mol. The minimum Gasteiger partial charge on any atom is -0.349 e. The van der Waals surface area contributed by atoms with Crippen molar-refractivity contribution in [3.8, 4) is 0 Å². The molecule has 0 aliphatic carbocycles. The lowest BCUT2D eigenvalue weighted by Gasteiger charge is -2.06. The Bertz CT molecular complexity index is 394. The number of nitrogens with zero attached hydrogens (tertiary/aromatic N) is 1. The number of thiophene rings is 1. The molecule has 2 nitrogen and oxygen atoms in total. The molecule has 2 rings (SSSR count). The van der Waals surface area contributed by atoms with E-state index in [1.54, 1.807) is 17.5 Å². The average molecular weight is 227 g/mol. The summed E-state index contributed by atoms with van der Waals surface area (Å²) in [5.41, 5.74) is 1.27. The Morgan fingerprint density at radius 1 is 1.64 bits per heavy atom. The van der Waals surface area contributed by atoms with E-state index < -0.39 is 0 Å². The van der Waals surface area contributed by atoms with Crippen molar-refractivity contribution in [1.82, 2.24) is 9.97 Å². The van der Waals surface area contributed by atoms with Gasteiger partial charge in [0.15, 0.2) is 0 Å². The molecule has 4 heteroatoms. The summed E-state index contributed by atoms with van der Waals surface area (Å²) >= 11 is 8.00. The quantitative estimate of drug-likeness (QED) is 0.800. The van der Waals surface area contributed by atoms with Crippen LogP contribution < -0.4 is 0 Å². The van der Waals surface area contributed by atoms with Gasteiger partial charge in [0.05, 0.1) is 5.38 Å². The molecular formula is C10H11ClN2S. The molecule has 0 saturated carbocycles. The molecule has 1 N–H and O–H groups in total. The molecule has 2 aromatic rings. The molecule has 14 heavy (non-hydrogen) atoms. The second-order valence-electron chi connectivity index (χ2n) is 3.18. The zero-order valence-corrected chi connectivity index (χ0v) is 9.40. The van der Waals surface area contributed by atoms with Gasteiger partial charge in [-0.05, 0) is 23.9 Å². The molecule has 1 atom stereocenters. The Balaban J connectivity index is 2.10. The maximum Gasteiger partial charge on any atom is 0.107 e. The first-order valence-corrected chi connectivity index (χ1v) is 5.75. The summed E-state index contributed by atoms with van der Waals surface area (Å²) in [6, 6.07) is 2.09. The summed E-state index contributed by atoms with van der Waals surface area (Å²) in [6.45, 7) is 2.09. The highest BCUT2D eigenvalue weighted by Gasteiger charge is 2.13. The van der Waals surface area contributed by atoms with Crippen molar-refractivity contribution in [2.75, 3.05) is 0 Å². The Kier molecular flexibility index (Phi) is 2.89. The van der Waals surface area contributed by atoms with Crippen LogP contribution in [0.5, 0.6) is 0 Å². The smallest absolute Gasteiger partial charge is 0.107 e. The molecule has 0 aliphatic rings. The van der Waals surface area contributed by atoms with E-state index in [0.717, 1.165) is 12.2 Å². The zero-order valence-electron chi connectivity index (χ0n) is 7.83. The molecular weight excluding hydrogens is 216 g/mol. The normalized spacial score (nSPS) is 13.0. The molecule has 0 bridgehead atoms. The number of nitrogens with one attached hydrogen (secondary N) is 1. The first-order valence-electron chi connectivity index (χ1n) is 4.43. The van der Waals surface area contributed by atoms with Crippen molar-refractivity contribution < 1.29 is 0 Å². The maximum absolute atomic E-state index is 6.29. The number of rotatable bonds is 3. The van der Waals surface area contributed by atoms with Crippen molar-refractivity contribution in [2.45, 2.75) is 18.7 Å². The lowest BCUT2D eigenvalue weighted by Crippen LogP contribution is -1.96. The van der Waals surface area contributed by atoms with Crippen LogP contribution in [0.15, 0.2) is 23.8 Å². The highest BCUT2D eigenvalue weighted by Crippen LogP contribution is 2.30. The molecule has 0 amide bonds. The SMILES string of the molecule is Cc1ccsc1C(Cl)Cc1ncc[nH]1. The molecule has 0 spiro atoms. The van der Waals surface area contributed by atoms with Gasteiger partial charge in [-0.25, -0.2) is 4.98 Å². The van der Waals surface area contributed by atoms with Crippen molar-refractivity contribution >= 4 is 22.9 Å². The van der Waals surface area contributed by atoms with E-state index >= 15 is 0 Å². The molecule has 2 heterocycles. The Labute approximate surface area is 92.0 Å². The second-order valence-corrected chi connectivity index (χ2v) is 4.65. The number of aromatic nitrogens is 2. The van der Waals surface area contributed by atoms with E-state index in [2.05, 4.69) is 28.3 Å². The third-order valence-corrected chi connectivity index (χ3v) is 3.75. The fraction of sp³-hybridized carbons (Fsp3) is 0.300. The lowest BCUT2D eigenvalue weighted by atomic mass is 10.2. The molecule has 0 saturated heterocycles. The summed E-state index contributed by atoms with van der Waals surface area (Å²) in [5, 5.41) is 2.10. The van der Waals surface area contributed by atoms with E-state index in [1.165, 1.54) is 10.4 Å². The van der Waals surface area contributed by atoms with Crippen LogP contribution in [0, 0.1) is 6.92 Å². The van der Waals surface area contributed by atoms with Crippen LogP contribution in [0.4, 0.5) is 0 Å². The summed E-state index contributed by atoms with van der Waals surface area (Å²) in [4.78, 5) is 8.46. The number of halogens is 1. The van der Waals surface area contributed by atoms with E-state index in [0.29, 0.717) is 0 Å². The number of aromatic amines is 1. The van der Waals surface area contributed by atoms with Crippen LogP contribution in [-0.2, 0) is 6.42 Å². The molecule has 0 aliphatic heterocycles. The number of H-pyrrole nitrogens is 1. The lowest BCUT2D eigenvalue weighted by molar-refractivity contribution is 0.863. The summed E-state index contributed by atoms with van der Waals surface area (Å²) in [6.07, 6.45) is 4.33. The van der Waals surface area contributed by atoms with E-state index in [4.69, 9.17) is 11.6 Å². The Morgan fingerprint density at radius 3 is 3.07 bits per heavy atom. The van der Waals surface area contributed by atoms with Gasteiger partial charge in [-0.1, -0.05) is 0 Å². The summed E-state index contributed by atoms with van der Waals surface area (Å²) in [5.74, 6) is 0.942. The number of alkyl halides is 1. The average Bonchev–Trinajstić information content (AvgIpc) is 2.75. The Hall–Kier alpha value is -0.800. The van der Waals surface area contributed by atoms with Gasteiger partial charge in [-0.2, -0.15) is 0 Å². The van der Waals surface area contributed by atoms with Crippen LogP contribution in [-0.4, -0.2) is 9.97 Å². The summed E-state index contributed by atoms with van der Waals surface area (Å²) < 4.78 is 0. The summed E-state index contributed by atoms with van der Waals surface area (Å²) in [7, 11) is 0. The van der Waals surface area contributed by atoms with Crippen molar-refractivity contribution in [2.24, 2.45) is 0 Å². The van der Waals surface area contributed by atoms with Crippen LogP contribution in [0.3, 0.4) is 0 Å². The minimum absolute atomic E-state index is 0.0288. The second kappa shape index (κ2) is 4.15. The van der Waals surface area contributed by atoms with Crippen molar-refractivity contribution in [3.63, 3.8) is 0 Å². The van der Waals surface area contributed by atoms with Gasteiger partial charge in [0.25, 0.3) is 0 Å². The molecule has 0 radical (unpaired) electrons. The topological polar surface area (TPSA) is 28.7 Å². The third-order valence-electron chi connectivity index (χ3n) is 2.11. The van der Waals surface area contributed by atoms with Gasteiger partial charge < -0.3 is 4.98 Å². The van der Waals surface area contributed by atoms with E-state index in [9.17, 15) is 0 Å². The van der Waals surface area contributed by atoms with Gasteiger partial charge in [-0.3, -0.25) is 0 Å². The Morgan fingerprint density at radius 2 is 2.50 bits per heavy atom. The van der Waals surface area contributed by atoms with Crippen molar-refractivity contribution in [3.05, 3.63) is 40.1 Å². The van der Waals surface area contributed by atoms with E-state index in [1.807, 2.05) is 6.20 Å². The maximum atomic E-state index is 6.29. The minimum atomic E-state index is 0.0288. The largest absolute Gasteiger partial charge is 0.349 e. The molecule has 74 valence electrons.